The van der Waals surface area contributed by atoms with Gasteiger partial charge in [0.2, 0.25) is 5.91 Å². The first kappa shape index (κ1) is 15.0. The summed E-state index contributed by atoms with van der Waals surface area (Å²) in [7, 11) is 0. The number of carbonyl (C=O) groups is 2. The average Bonchev–Trinajstić information content (AvgIpc) is 2.29. The summed E-state index contributed by atoms with van der Waals surface area (Å²) in [5.74, 6) is -0.698. The molecule has 0 aliphatic rings. The molecule has 104 valence electrons. The number of nitrogens with one attached hydrogen (secondary N) is 2. The molecule has 0 radical (unpaired) electrons. The molecule has 1 atom stereocenters. The average molecular weight is 264 g/mol. The second kappa shape index (κ2) is 6.78. The Bertz CT molecular complexity index is 441. The Labute approximate surface area is 113 Å². The van der Waals surface area contributed by atoms with Gasteiger partial charge in [0.15, 0.2) is 0 Å². The van der Waals surface area contributed by atoms with Crippen molar-refractivity contribution in [1.29, 1.82) is 0 Å². The standard InChI is InChI=1S/C14H20N2O3/c1-9(2)8-13(14(18)19)16-12-6-4-11(5-7-12)15-10(3)17/h4-7,9,13,16H,8H2,1-3H3,(H,15,17)(H,18,19). The molecule has 0 aliphatic heterocycles. The summed E-state index contributed by atoms with van der Waals surface area (Å²) in [5, 5.41) is 14.8. The van der Waals surface area contributed by atoms with Crippen molar-refractivity contribution < 1.29 is 14.7 Å². The van der Waals surface area contributed by atoms with Crippen molar-refractivity contribution in [1.82, 2.24) is 0 Å². The van der Waals surface area contributed by atoms with Gasteiger partial charge in [0.1, 0.15) is 6.04 Å². The number of benzene rings is 1. The van der Waals surface area contributed by atoms with Crippen LogP contribution in [0.1, 0.15) is 27.2 Å². The molecule has 5 heteroatoms. The molecule has 1 rings (SSSR count). The first-order valence-corrected chi connectivity index (χ1v) is 6.25. The molecule has 5 nitrogen and oxygen atoms in total. The quantitative estimate of drug-likeness (QED) is 0.737. The van der Waals surface area contributed by atoms with Crippen LogP contribution in [0.2, 0.25) is 0 Å². The highest BCUT2D eigenvalue weighted by atomic mass is 16.4. The number of amides is 1. The molecule has 0 aliphatic carbocycles. The second-order valence-corrected chi connectivity index (χ2v) is 4.92. The van der Waals surface area contributed by atoms with E-state index >= 15 is 0 Å². The largest absolute Gasteiger partial charge is 0.480 e. The summed E-state index contributed by atoms with van der Waals surface area (Å²) in [6, 6.07) is 6.37. The van der Waals surface area contributed by atoms with Crippen molar-refractivity contribution in [2.24, 2.45) is 5.92 Å². The minimum atomic E-state index is -0.861. The number of hydrogen-bond donors (Lipinski definition) is 3. The molecule has 0 bridgehead atoms. The number of hydrogen-bond acceptors (Lipinski definition) is 3. The van der Waals surface area contributed by atoms with Crippen molar-refractivity contribution >= 4 is 23.3 Å². The third-order valence-electron chi connectivity index (χ3n) is 2.55. The van der Waals surface area contributed by atoms with Crippen LogP contribution in [0.15, 0.2) is 24.3 Å². The van der Waals surface area contributed by atoms with Gasteiger partial charge in [-0.05, 0) is 36.6 Å². The zero-order valence-electron chi connectivity index (χ0n) is 11.4. The molecule has 0 aromatic heterocycles. The van der Waals surface area contributed by atoms with E-state index in [1.54, 1.807) is 24.3 Å². The first-order valence-electron chi connectivity index (χ1n) is 6.25. The Morgan fingerprint density at radius 1 is 1.16 bits per heavy atom. The van der Waals surface area contributed by atoms with Gasteiger partial charge in [0.05, 0.1) is 0 Å². The predicted molar refractivity (Wildman–Crippen MR) is 75.2 cm³/mol. The van der Waals surface area contributed by atoms with E-state index in [0.717, 1.165) is 5.69 Å². The van der Waals surface area contributed by atoms with Crippen molar-refractivity contribution in [2.45, 2.75) is 33.2 Å². The van der Waals surface area contributed by atoms with Crippen LogP contribution in [0.4, 0.5) is 11.4 Å². The number of anilines is 2. The summed E-state index contributed by atoms with van der Waals surface area (Å²) in [4.78, 5) is 22.0. The van der Waals surface area contributed by atoms with Crippen molar-refractivity contribution in [3.63, 3.8) is 0 Å². The second-order valence-electron chi connectivity index (χ2n) is 4.92. The van der Waals surface area contributed by atoms with Crippen LogP contribution in [0.5, 0.6) is 0 Å². The number of carboxylic acids is 1. The van der Waals surface area contributed by atoms with Gasteiger partial charge in [-0.1, -0.05) is 13.8 Å². The molecular formula is C14H20N2O3. The third kappa shape index (κ3) is 5.42. The fourth-order valence-corrected chi connectivity index (χ4v) is 1.75. The lowest BCUT2D eigenvalue weighted by molar-refractivity contribution is -0.138. The Morgan fingerprint density at radius 3 is 2.11 bits per heavy atom. The van der Waals surface area contributed by atoms with E-state index in [1.165, 1.54) is 6.92 Å². The number of aliphatic carboxylic acids is 1. The molecule has 1 unspecified atom stereocenters. The lowest BCUT2D eigenvalue weighted by Crippen LogP contribution is -2.30. The molecule has 1 amide bonds. The Kier molecular flexibility index (Phi) is 5.36. The molecule has 19 heavy (non-hydrogen) atoms. The van der Waals surface area contributed by atoms with E-state index in [9.17, 15) is 9.59 Å². The Balaban J connectivity index is 2.69. The van der Waals surface area contributed by atoms with Gasteiger partial charge in [0.25, 0.3) is 0 Å². The van der Waals surface area contributed by atoms with Gasteiger partial charge >= 0.3 is 5.97 Å². The van der Waals surface area contributed by atoms with Crippen LogP contribution >= 0.6 is 0 Å². The zero-order chi connectivity index (χ0) is 14.4. The van der Waals surface area contributed by atoms with Gasteiger partial charge in [-0.2, -0.15) is 0 Å². The van der Waals surface area contributed by atoms with Crippen molar-refractivity contribution in [3.8, 4) is 0 Å². The van der Waals surface area contributed by atoms with E-state index in [2.05, 4.69) is 10.6 Å². The topological polar surface area (TPSA) is 78.4 Å². The molecule has 3 N–H and O–H groups in total. The molecule has 1 aromatic rings. The SMILES string of the molecule is CC(=O)Nc1ccc(NC(CC(C)C)C(=O)O)cc1. The van der Waals surface area contributed by atoms with Crippen LogP contribution < -0.4 is 10.6 Å². The highest BCUT2D eigenvalue weighted by Gasteiger charge is 2.18. The van der Waals surface area contributed by atoms with Crippen molar-refractivity contribution in [2.75, 3.05) is 10.6 Å². The summed E-state index contributed by atoms with van der Waals surface area (Å²) in [5.41, 5.74) is 1.41. The number of rotatable bonds is 6. The van der Waals surface area contributed by atoms with Gasteiger partial charge in [-0.3, -0.25) is 4.79 Å². The van der Waals surface area contributed by atoms with Gasteiger partial charge in [0, 0.05) is 18.3 Å². The minimum absolute atomic E-state index is 0.135. The Hall–Kier alpha value is -2.04. The first-order chi connectivity index (χ1) is 8.88. The Morgan fingerprint density at radius 2 is 1.68 bits per heavy atom. The molecule has 0 fully saturated rings. The molecule has 0 spiro atoms. The summed E-state index contributed by atoms with van der Waals surface area (Å²) < 4.78 is 0. The van der Waals surface area contributed by atoms with Crippen LogP contribution in [0.25, 0.3) is 0 Å². The normalized spacial score (nSPS) is 12.0. The van der Waals surface area contributed by atoms with Crippen LogP contribution in [0.3, 0.4) is 0 Å². The maximum atomic E-state index is 11.1. The molecule has 0 heterocycles. The zero-order valence-corrected chi connectivity index (χ0v) is 11.4. The number of carbonyl (C=O) groups excluding carboxylic acids is 1. The van der Waals surface area contributed by atoms with E-state index in [4.69, 9.17) is 5.11 Å². The molecule has 0 saturated heterocycles. The molecule has 1 aromatic carbocycles. The summed E-state index contributed by atoms with van der Waals surface area (Å²) >= 11 is 0. The summed E-state index contributed by atoms with van der Waals surface area (Å²) in [6.45, 7) is 5.41. The van der Waals surface area contributed by atoms with Crippen LogP contribution in [0, 0.1) is 5.92 Å². The van der Waals surface area contributed by atoms with Gasteiger partial charge in [-0.25, -0.2) is 4.79 Å². The maximum Gasteiger partial charge on any atom is 0.326 e. The van der Waals surface area contributed by atoms with E-state index in [-0.39, 0.29) is 5.91 Å². The lowest BCUT2D eigenvalue weighted by Gasteiger charge is -2.17. The summed E-state index contributed by atoms with van der Waals surface area (Å²) in [6.07, 6.45) is 0.558. The smallest absolute Gasteiger partial charge is 0.326 e. The van der Waals surface area contributed by atoms with Gasteiger partial charge < -0.3 is 15.7 Å². The van der Waals surface area contributed by atoms with Gasteiger partial charge in [-0.15, -0.1) is 0 Å². The predicted octanol–water partition coefficient (Wildman–Crippen LogP) is 2.56. The fourth-order valence-electron chi connectivity index (χ4n) is 1.75. The highest BCUT2D eigenvalue weighted by Crippen LogP contribution is 2.16. The van der Waals surface area contributed by atoms with E-state index in [0.29, 0.717) is 18.0 Å². The monoisotopic (exact) mass is 264 g/mol. The van der Waals surface area contributed by atoms with E-state index in [1.807, 2.05) is 13.8 Å². The van der Waals surface area contributed by atoms with Crippen LogP contribution in [-0.2, 0) is 9.59 Å². The van der Waals surface area contributed by atoms with Crippen molar-refractivity contribution in [3.05, 3.63) is 24.3 Å². The maximum absolute atomic E-state index is 11.1. The number of carboxylic acid groups (broad SMARTS) is 1. The highest BCUT2D eigenvalue weighted by molar-refractivity contribution is 5.88. The molecular weight excluding hydrogens is 244 g/mol. The molecule has 0 saturated carbocycles. The minimum Gasteiger partial charge on any atom is -0.480 e. The van der Waals surface area contributed by atoms with Crippen LogP contribution in [-0.4, -0.2) is 23.0 Å². The fraction of sp³-hybridized carbons (Fsp3) is 0.429. The van der Waals surface area contributed by atoms with E-state index < -0.39 is 12.0 Å². The third-order valence-corrected chi connectivity index (χ3v) is 2.55. The lowest BCUT2D eigenvalue weighted by atomic mass is 10.0.